The zero-order valence-corrected chi connectivity index (χ0v) is 7.74. The Morgan fingerprint density at radius 3 is 2.77 bits per heavy atom. The van der Waals surface area contributed by atoms with Crippen LogP contribution in [-0.4, -0.2) is 20.9 Å². The summed E-state index contributed by atoms with van der Waals surface area (Å²) in [5, 5.41) is 13.0. The number of carboxylic acid groups (broad SMARTS) is 1. The Hall–Kier alpha value is -1.58. The Morgan fingerprint density at radius 1 is 1.77 bits per heavy atom. The van der Waals surface area contributed by atoms with Gasteiger partial charge in [0.05, 0.1) is 5.69 Å². The third kappa shape index (κ3) is 1.47. The molecule has 0 aliphatic carbocycles. The van der Waals surface area contributed by atoms with Crippen LogP contribution in [0.1, 0.15) is 28.7 Å². The molecule has 1 N–H and O–H groups in total. The monoisotopic (exact) mass is 180 g/mol. The SMILES string of the molecule is C=Cc1c(CC)nn(C)c1C(=O)O. The van der Waals surface area contributed by atoms with E-state index >= 15 is 0 Å². The summed E-state index contributed by atoms with van der Waals surface area (Å²) < 4.78 is 1.37. The number of aromatic carboxylic acids is 1. The van der Waals surface area contributed by atoms with Gasteiger partial charge in [0.1, 0.15) is 0 Å². The molecule has 4 nitrogen and oxygen atoms in total. The van der Waals surface area contributed by atoms with Crippen molar-refractivity contribution in [2.75, 3.05) is 0 Å². The molecule has 0 saturated carbocycles. The van der Waals surface area contributed by atoms with Crippen molar-refractivity contribution in [3.63, 3.8) is 0 Å². The smallest absolute Gasteiger partial charge is 0.354 e. The predicted molar refractivity (Wildman–Crippen MR) is 49.6 cm³/mol. The summed E-state index contributed by atoms with van der Waals surface area (Å²) in [4.78, 5) is 10.8. The highest BCUT2D eigenvalue weighted by atomic mass is 16.4. The molecule has 13 heavy (non-hydrogen) atoms. The van der Waals surface area contributed by atoms with Crippen molar-refractivity contribution < 1.29 is 9.90 Å². The molecule has 0 saturated heterocycles. The Kier molecular flexibility index (Phi) is 2.51. The highest BCUT2D eigenvalue weighted by Crippen LogP contribution is 2.15. The zero-order valence-electron chi connectivity index (χ0n) is 7.74. The Balaban J connectivity index is 3.39. The lowest BCUT2D eigenvalue weighted by Crippen LogP contribution is -2.06. The Bertz CT molecular complexity index is 353. The van der Waals surface area contributed by atoms with Crippen LogP contribution in [0.3, 0.4) is 0 Å². The van der Waals surface area contributed by atoms with Crippen molar-refractivity contribution in [1.29, 1.82) is 0 Å². The lowest BCUT2D eigenvalue weighted by Gasteiger charge is -1.95. The summed E-state index contributed by atoms with van der Waals surface area (Å²) >= 11 is 0. The van der Waals surface area contributed by atoms with Crippen LogP contribution in [0.25, 0.3) is 6.08 Å². The predicted octanol–water partition coefficient (Wildman–Crippen LogP) is 1.32. The average molecular weight is 180 g/mol. The van der Waals surface area contributed by atoms with Gasteiger partial charge >= 0.3 is 5.97 Å². The fourth-order valence-electron chi connectivity index (χ4n) is 1.33. The molecule has 0 unspecified atom stereocenters. The van der Waals surface area contributed by atoms with Gasteiger partial charge in [-0.05, 0) is 6.42 Å². The van der Waals surface area contributed by atoms with Crippen LogP contribution in [0.5, 0.6) is 0 Å². The number of rotatable bonds is 3. The summed E-state index contributed by atoms with van der Waals surface area (Å²) in [5.74, 6) is -0.968. The fourth-order valence-corrected chi connectivity index (χ4v) is 1.33. The minimum Gasteiger partial charge on any atom is -0.477 e. The first-order valence-electron chi connectivity index (χ1n) is 4.03. The topological polar surface area (TPSA) is 55.1 Å². The molecule has 4 heteroatoms. The van der Waals surface area contributed by atoms with Gasteiger partial charge in [-0.25, -0.2) is 4.79 Å². The zero-order chi connectivity index (χ0) is 10.0. The normalized spacial score (nSPS) is 10.0. The number of aromatic nitrogens is 2. The van der Waals surface area contributed by atoms with Crippen molar-refractivity contribution in [2.24, 2.45) is 7.05 Å². The molecule has 1 aromatic rings. The second-order valence-corrected chi connectivity index (χ2v) is 2.70. The standard InChI is InChI=1S/C9H12N2O2/c1-4-6-7(5-2)10-11(3)8(6)9(12)13/h4H,1,5H2,2-3H3,(H,12,13). The maximum Gasteiger partial charge on any atom is 0.354 e. The first-order valence-corrected chi connectivity index (χ1v) is 4.03. The number of hydrogen-bond acceptors (Lipinski definition) is 2. The molecular formula is C9H12N2O2. The van der Waals surface area contributed by atoms with Crippen LogP contribution in [0, 0.1) is 0 Å². The van der Waals surface area contributed by atoms with Gasteiger partial charge in [0, 0.05) is 12.6 Å². The molecule has 0 fully saturated rings. The van der Waals surface area contributed by atoms with Gasteiger partial charge < -0.3 is 5.11 Å². The molecule has 1 rings (SSSR count). The number of carboxylic acids is 1. The first kappa shape index (κ1) is 9.51. The fraction of sp³-hybridized carbons (Fsp3) is 0.333. The molecule has 0 spiro atoms. The van der Waals surface area contributed by atoms with Crippen LogP contribution < -0.4 is 0 Å². The van der Waals surface area contributed by atoms with Crippen LogP contribution >= 0.6 is 0 Å². The van der Waals surface area contributed by atoms with Crippen LogP contribution in [0.15, 0.2) is 6.58 Å². The second kappa shape index (κ2) is 3.43. The van der Waals surface area contributed by atoms with E-state index in [0.717, 1.165) is 5.69 Å². The van der Waals surface area contributed by atoms with E-state index in [4.69, 9.17) is 5.11 Å². The number of nitrogens with zero attached hydrogens (tertiary/aromatic N) is 2. The molecule has 0 amide bonds. The maximum absolute atomic E-state index is 10.8. The number of aryl methyl sites for hydroxylation is 2. The van der Waals surface area contributed by atoms with E-state index in [1.807, 2.05) is 6.92 Å². The molecule has 0 aliphatic heterocycles. The molecule has 0 atom stereocenters. The highest BCUT2D eigenvalue weighted by molar-refractivity contribution is 5.90. The van der Waals surface area contributed by atoms with Gasteiger partial charge in [0.2, 0.25) is 0 Å². The summed E-state index contributed by atoms with van der Waals surface area (Å²) in [6, 6.07) is 0. The minimum atomic E-state index is -0.968. The van der Waals surface area contributed by atoms with E-state index in [9.17, 15) is 4.79 Å². The quantitative estimate of drug-likeness (QED) is 0.763. The van der Waals surface area contributed by atoms with Gasteiger partial charge in [-0.3, -0.25) is 4.68 Å². The van der Waals surface area contributed by atoms with Gasteiger partial charge in [-0.2, -0.15) is 5.10 Å². The van der Waals surface area contributed by atoms with E-state index in [-0.39, 0.29) is 5.69 Å². The van der Waals surface area contributed by atoms with Crippen LogP contribution in [0.4, 0.5) is 0 Å². The average Bonchev–Trinajstić information content (AvgIpc) is 2.41. The molecule has 1 heterocycles. The lowest BCUT2D eigenvalue weighted by molar-refractivity contribution is 0.0685. The third-order valence-electron chi connectivity index (χ3n) is 1.90. The van der Waals surface area contributed by atoms with Gasteiger partial charge in [0.15, 0.2) is 5.69 Å². The largest absolute Gasteiger partial charge is 0.477 e. The van der Waals surface area contributed by atoms with E-state index in [1.165, 1.54) is 10.8 Å². The minimum absolute atomic E-state index is 0.201. The molecule has 0 aliphatic rings. The van der Waals surface area contributed by atoms with E-state index < -0.39 is 5.97 Å². The van der Waals surface area contributed by atoms with Crippen molar-refractivity contribution >= 4 is 12.0 Å². The van der Waals surface area contributed by atoms with Gasteiger partial charge in [0.25, 0.3) is 0 Å². The van der Waals surface area contributed by atoms with Gasteiger partial charge in [-0.1, -0.05) is 19.6 Å². The Morgan fingerprint density at radius 2 is 2.38 bits per heavy atom. The highest BCUT2D eigenvalue weighted by Gasteiger charge is 2.17. The molecule has 0 radical (unpaired) electrons. The lowest BCUT2D eigenvalue weighted by atomic mass is 10.1. The van der Waals surface area contributed by atoms with Crippen LogP contribution in [-0.2, 0) is 13.5 Å². The molecule has 1 aromatic heterocycles. The Labute approximate surface area is 76.5 Å². The summed E-state index contributed by atoms with van der Waals surface area (Å²) in [5.41, 5.74) is 1.60. The van der Waals surface area contributed by atoms with Crippen molar-refractivity contribution in [3.05, 3.63) is 23.5 Å². The maximum atomic E-state index is 10.8. The van der Waals surface area contributed by atoms with E-state index in [2.05, 4.69) is 11.7 Å². The van der Waals surface area contributed by atoms with Gasteiger partial charge in [-0.15, -0.1) is 0 Å². The number of carbonyl (C=O) groups is 1. The van der Waals surface area contributed by atoms with E-state index in [0.29, 0.717) is 12.0 Å². The van der Waals surface area contributed by atoms with Crippen molar-refractivity contribution in [1.82, 2.24) is 9.78 Å². The third-order valence-corrected chi connectivity index (χ3v) is 1.90. The summed E-state index contributed by atoms with van der Waals surface area (Å²) in [6.45, 7) is 5.51. The van der Waals surface area contributed by atoms with Crippen molar-refractivity contribution in [2.45, 2.75) is 13.3 Å². The first-order chi connectivity index (χ1) is 6.11. The molecule has 0 bridgehead atoms. The van der Waals surface area contributed by atoms with E-state index in [1.54, 1.807) is 7.05 Å². The molecule has 0 aromatic carbocycles. The summed E-state index contributed by atoms with van der Waals surface area (Å²) in [6.07, 6.45) is 2.25. The van der Waals surface area contributed by atoms with Crippen LogP contribution in [0.2, 0.25) is 0 Å². The van der Waals surface area contributed by atoms with Crippen molar-refractivity contribution in [3.8, 4) is 0 Å². The second-order valence-electron chi connectivity index (χ2n) is 2.70. The molecule has 70 valence electrons. The summed E-state index contributed by atoms with van der Waals surface area (Å²) in [7, 11) is 1.62. The molecular weight excluding hydrogens is 168 g/mol. The number of hydrogen-bond donors (Lipinski definition) is 1.